The highest BCUT2D eigenvalue weighted by Gasteiger charge is 2.35. The number of benzene rings is 2. The standard InChI is InChI=1S/C18H16N2O6S2/c1-26-18(23)11-9-13(20-15(21)7-8-16(20)22)17(14(10-11)28(19,24)25)27-12-5-3-2-4-6-12/h2-6,9-10H,7-8H2,1H3,(H2,19,24,25). The minimum absolute atomic E-state index is 0.00143. The second kappa shape index (κ2) is 7.74. The number of imide groups is 1. The molecule has 0 aliphatic carbocycles. The Labute approximate surface area is 165 Å². The Balaban J connectivity index is 2.31. The minimum atomic E-state index is -4.28. The molecule has 0 aromatic heterocycles. The number of anilines is 1. The summed E-state index contributed by atoms with van der Waals surface area (Å²) in [6.07, 6.45) is 0.00285. The lowest BCUT2D eigenvalue weighted by Crippen LogP contribution is -2.30. The molecule has 1 aliphatic rings. The number of sulfonamides is 1. The zero-order valence-corrected chi connectivity index (χ0v) is 16.4. The molecule has 0 atom stereocenters. The molecular weight excluding hydrogens is 404 g/mol. The van der Waals surface area contributed by atoms with Crippen LogP contribution in [0, 0.1) is 0 Å². The van der Waals surface area contributed by atoms with Gasteiger partial charge in [0.15, 0.2) is 0 Å². The number of primary sulfonamides is 1. The zero-order chi connectivity index (χ0) is 20.5. The maximum absolute atomic E-state index is 12.3. The van der Waals surface area contributed by atoms with Crippen molar-refractivity contribution in [3.8, 4) is 0 Å². The molecule has 1 saturated heterocycles. The maximum atomic E-state index is 12.3. The molecule has 146 valence electrons. The molecular formula is C18H16N2O6S2. The van der Waals surface area contributed by atoms with Crippen molar-refractivity contribution in [1.82, 2.24) is 0 Å². The van der Waals surface area contributed by atoms with Crippen molar-refractivity contribution in [2.24, 2.45) is 5.14 Å². The van der Waals surface area contributed by atoms with E-state index in [0.717, 1.165) is 29.8 Å². The monoisotopic (exact) mass is 420 g/mol. The van der Waals surface area contributed by atoms with Gasteiger partial charge in [0.2, 0.25) is 21.8 Å². The molecule has 0 saturated carbocycles. The first-order valence-corrected chi connectivity index (χ1v) is 10.5. The number of hydrogen-bond donors (Lipinski definition) is 1. The normalized spacial score (nSPS) is 14.4. The highest BCUT2D eigenvalue weighted by Crippen LogP contribution is 2.42. The molecule has 2 N–H and O–H groups in total. The van der Waals surface area contributed by atoms with Crippen molar-refractivity contribution in [1.29, 1.82) is 0 Å². The lowest BCUT2D eigenvalue weighted by molar-refractivity contribution is -0.121. The topological polar surface area (TPSA) is 124 Å². The van der Waals surface area contributed by atoms with Gasteiger partial charge in [-0.25, -0.2) is 23.3 Å². The highest BCUT2D eigenvalue weighted by atomic mass is 32.2. The second-order valence-electron chi connectivity index (χ2n) is 5.90. The van der Waals surface area contributed by atoms with Gasteiger partial charge in [0, 0.05) is 17.7 Å². The van der Waals surface area contributed by atoms with Crippen molar-refractivity contribution in [3.63, 3.8) is 0 Å². The zero-order valence-electron chi connectivity index (χ0n) is 14.7. The molecule has 2 aromatic rings. The summed E-state index contributed by atoms with van der Waals surface area (Å²) in [5.41, 5.74) is -0.139. The summed E-state index contributed by atoms with van der Waals surface area (Å²) in [5.74, 6) is -1.79. The Bertz CT molecular complexity index is 1050. The molecule has 0 unspecified atom stereocenters. The lowest BCUT2D eigenvalue weighted by Gasteiger charge is -2.21. The van der Waals surface area contributed by atoms with Crippen LogP contribution in [0.4, 0.5) is 5.69 Å². The van der Waals surface area contributed by atoms with Gasteiger partial charge in [0.1, 0.15) is 0 Å². The van der Waals surface area contributed by atoms with Crippen molar-refractivity contribution in [2.45, 2.75) is 27.5 Å². The fourth-order valence-electron chi connectivity index (χ4n) is 2.75. The van der Waals surface area contributed by atoms with Gasteiger partial charge in [-0.2, -0.15) is 0 Å². The Kier molecular flexibility index (Phi) is 5.54. The number of rotatable bonds is 5. The maximum Gasteiger partial charge on any atom is 0.337 e. The van der Waals surface area contributed by atoms with Crippen LogP contribution in [0.5, 0.6) is 0 Å². The molecule has 0 radical (unpaired) electrons. The van der Waals surface area contributed by atoms with E-state index in [1.165, 1.54) is 6.07 Å². The summed E-state index contributed by atoms with van der Waals surface area (Å²) in [4.78, 5) is 37.9. The van der Waals surface area contributed by atoms with Gasteiger partial charge in [0.25, 0.3) is 0 Å². The highest BCUT2D eigenvalue weighted by molar-refractivity contribution is 8.00. The van der Waals surface area contributed by atoms with Crippen molar-refractivity contribution in [3.05, 3.63) is 48.0 Å². The number of carbonyl (C=O) groups is 3. The molecule has 1 heterocycles. The third-order valence-corrected chi connectivity index (χ3v) is 6.22. The molecule has 1 aliphatic heterocycles. The van der Waals surface area contributed by atoms with E-state index < -0.39 is 27.8 Å². The molecule has 2 amide bonds. The number of nitrogens with two attached hydrogens (primary N) is 1. The molecule has 0 spiro atoms. The van der Waals surface area contributed by atoms with E-state index in [9.17, 15) is 22.8 Å². The first-order chi connectivity index (χ1) is 13.2. The summed E-state index contributed by atoms with van der Waals surface area (Å²) >= 11 is 1.03. The van der Waals surface area contributed by atoms with Crippen LogP contribution in [0.15, 0.2) is 57.2 Å². The molecule has 10 heteroatoms. The first kappa shape index (κ1) is 20.1. The van der Waals surface area contributed by atoms with Gasteiger partial charge in [-0.1, -0.05) is 30.0 Å². The second-order valence-corrected chi connectivity index (χ2v) is 8.51. The van der Waals surface area contributed by atoms with E-state index in [1.807, 2.05) is 0 Å². The van der Waals surface area contributed by atoms with Crippen LogP contribution in [0.25, 0.3) is 0 Å². The minimum Gasteiger partial charge on any atom is -0.465 e. The molecule has 1 fully saturated rings. The fraction of sp³-hybridized carbons (Fsp3) is 0.167. The Morgan fingerprint density at radius 2 is 1.71 bits per heavy atom. The Hall–Kier alpha value is -2.69. The number of carbonyl (C=O) groups excluding carboxylic acids is 3. The number of esters is 1. The van der Waals surface area contributed by atoms with Crippen molar-refractivity contribution < 1.29 is 27.5 Å². The third-order valence-electron chi connectivity index (χ3n) is 4.02. The molecule has 28 heavy (non-hydrogen) atoms. The van der Waals surface area contributed by atoms with Gasteiger partial charge < -0.3 is 4.74 Å². The molecule has 2 aromatic carbocycles. The number of amides is 2. The fourth-order valence-corrected chi connectivity index (χ4v) is 4.83. The van der Waals surface area contributed by atoms with E-state index >= 15 is 0 Å². The predicted octanol–water partition coefficient (Wildman–Crippen LogP) is 1.93. The molecule has 0 bridgehead atoms. The third kappa shape index (κ3) is 3.93. The Morgan fingerprint density at radius 3 is 2.25 bits per heavy atom. The van der Waals surface area contributed by atoms with E-state index in [0.29, 0.717) is 4.90 Å². The quantitative estimate of drug-likeness (QED) is 0.579. The first-order valence-electron chi connectivity index (χ1n) is 8.10. The number of methoxy groups -OCH3 is 1. The largest absolute Gasteiger partial charge is 0.465 e. The number of nitrogens with zero attached hydrogens (tertiary/aromatic N) is 1. The van der Waals surface area contributed by atoms with Gasteiger partial charge in [0.05, 0.1) is 28.2 Å². The van der Waals surface area contributed by atoms with Gasteiger partial charge >= 0.3 is 5.97 Å². The average molecular weight is 420 g/mol. The van der Waals surface area contributed by atoms with E-state index in [4.69, 9.17) is 5.14 Å². The SMILES string of the molecule is COC(=O)c1cc(N2C(=O)CCC2=O)c(Sc2ccccc2)c(S(N)(=O)=O)c1. The van der Waals surface area contributed by atoms with Crippen molar-refractivity contribution in [2.75, 3.05) is 12.0 Å². The number of hydrogen-bond acceptors (Lipinski definition) is 7. The summed E-state index contributed by atoms with van der Waals surface area (Å²) in [6.45, 7) is 0. The van der Waals surface area contributed by atoms with Crippen molar-refractivity contribution >= 4 is 45.3 Å². The van der Waals surface area contributed by atoms with E-state index in [2.05, 4.69) is 4.74 Å². The van der Waals surface area contributed by atoms with Crippen LogP contribution in [0.2, 0.25) is 0 Å². The summed E-state index contributed by atoms with van der Waals surface area (Å²) in [6, 6.07) is 11.1. The van der Waals surface area contributed by atoms with Crippen LogP contribution in [0.3, 0.4) is 0 Å². The number of ether oxygens (including phenoxy) is 1. The van der Waals surface area contributed by atoms with Crippen LogP contribution >= 0.6 is 11.8 Å². The molecule has 3 rings (SSSR count). The van der Waals surface area contributed by atoms with E-state index in [1.54, 1.807) is 30.3 Å². The summed E-state index contributed by atoms with van der Waals surface area (Å²) < 4.78 is 29.2. The van der Waals surface area contributed by atoms with Crippen LogP contribution in [-0.2, 0) is 24.3 Å². The smallest absolute Gasteiger partial charge is 0.337 e. The van der Waals surface area contributed by atoms with Gasteiger partial charge in [-0.3, -0.25) is 9.59 Å². The average Bonchev–Trinajstić information content (AvgIpc) is 2.99. The summed E-state index contributed by atoms with van der Waals surface area (Å²) in [5, 5.41) is 5.38. The van der Waals surface area contributed by atoms with Crippen LogP contribution in [-0.4, -0.2) is 33.3 Å². The van der Waals surface area contributed by atoms with Gasteiger partial charge in [-0.05, 0) is 24.3 Å². The van der Waals surface area contributed by atoms with E-state index in [-0.39, 0.29) is 33.9 Å². The van der Waals surface area contributed by atoms with Crippen LogP contribution in [0.1, 0.15) is 23.2 Å². The Morgan fingerprint density at radius 1 is 1.11 bits per heavy atom. The van der Waals surface area contributed by atoms with Gasteiger partial charge in [-0.15, -0.1) is 0 Å². The van der Waals surface area contributed by atoms with Crippen LogP contribution < -0.4 is 10.0 Å². The lowest BCUT2D eigenvalue weighted by atomic mass is 10.2. The molecule has 8 nitrogen and oxygen atoms in total. The predicted molar refractivity (Wildman–Crippen MR) is 101 cm³/mol. The summed E-state index contributed by atoms with van der Waals surface area (Å²) in [7, 11) is -3.15.